The monoisotopic (exact) mass is 236 g/mol. The van der Waals surface area contributed by atoms with Gasteiger partial charge in [-0.1, -0.05) is 0 Å². The topological polar surface area (TPSA) is 78.1 Å². The van der Waals surface area contributed by atoms with Gasteiger partial charge in [0.1, 0.15) is 0 Å². The van der Waals surface area contributed by atoms with Gasteiger partial charge < -0.3 is 10.3 Å². The van der Waals surface area contributed by atoms with E-state index in [1.807, 2.05) is 6.92 Å². The number of nitrogens with zero attached hydrogens (tertiary/aromatic N) is 2. The van der Waals surface area contributed by atoms with E-state index in [9.17, 15) is 9.59 Å². The molecule has 0 aromatic carbocycles. The highest BCUT2D eigenvalue weighted by molar-refractivity contribution is 6.05. The molecule has 1 fully saturated rings. The third kappa shape index (κ3) is 2.52. The number of carbonyl (C=O) groups is 2. The van der Waals surface area contributed by atoms with E-state index >= 15 is 0 Å². The third-order valence-corrected chi connectivity index (χ3v) is 2.90. The molecule has 1 aromatic rings. The van der Waals surface area contributed by atoms with Crippen molar-refractivity contribution < 1.29 is 9.59 Å². The summed E-state index contributed by atoms with van der Waals surface area (Å²) < 4.78 is 0. The molecule has 6 nitrogen and oxygen atoms in total. The second-order valence-electron chi connectivity index (χ2n) is 4.01. The van der Waals surface area contributed by atoms with E-state index in [0.29, 0.717) is 13.1 Å². The smallest absolute Gasteiger partial charge is 0.246 e. The maximum absolute atomic E-state index is 11.8. The highest BCUT2D eigenvalue weighted by Gasteiger charge is 2.36. The predicted molar refractivity (Wildman–Crippen MR) is 61.1 cm³/mol. The molecule has 2 rings (SSSR count). The Labute approximate surface area is 99.4 Å². The van der Waals surface area contributed by atoms with Crippen LogP contribution in [-0.4, -0.2) is 45.8 Å². The van der Waals surface area contributed by atoms with Crippen LogP contribution in [0.15, 0.2) is 12.5 Å². The molecular weight excluding hydrogens is 220 g/mol. The van der Waals surface area contributed by atoms with Crippen molar-refractivity contribution in [2.75, 3.05) is 13.1 Å². The van der Waals surface area contributed by atoms with E-state index < -0.39 is 0 Å². The molecule has 1 unspecified atom stereocenters. The molecule has 17 heavy (non-hydrogen) atoms. The largest absolute Gasteiger partial charge is 0.348 e. The first-order valence-corrected chi connectivity index (χ1v) is 5.77. The van der Waals surface area contributed by atoms with Crippen LogP contribution in [0.1, 0.15) is 19.0 Å². The fraction of sp³-hybridized carbons (Fsp3) is 0.545. The lowest BCUT2D eigenvalue weighted by Crippen LogP contribution is -2.39. The summed E-state index contributed by atoms with van der Waals surface area (Å²) in [6, 6.07) is -0.356. The number of likely N-dealkylation sites (tertiary alicyclic amines) is 1. The number of imide groups is 1. The number of hydrogen-bond donors (Lipinski definition) is 2. The Hall–Kier alpha value is -1.69. The minimum Gasteiger partial charge on any atom is -0.348 e. The summed E-state index contributed by atoms with van der Waals surface area (Å²) in [6.45, 7) is 2.92. The molecular formula is C11H16N4O2. The van der Waals surface area contributed by atoms with Gasteiger partial charge in [0.25, 0.3) is 0 Å². The zero-order chi connectivity index (χ0) is 12.3. The molecule has 2 heterocycles. The molecule has 0 saturated carbocycles. The van der Waals surface area contributed by atoms with Gasteiger partial charge in [0, 0.05) is 31.4 Å². The van der Waals surface area contributed by atoms with Crippen molar-refractivity contribution in [1.82, 2.24) is 20.2 Å². The minimum atomic E-state index is -0.356. The summed E-state index contributed by atoms with van der Waals surface area (Å²) in [4.78, 5) is 31.4. The van der Waals surface area contributed by atoms with Crippen LogP contribution in [0.5, 0.6) is 0 Å². The Kier molecular flexibility index (Phi) is 3.53. The number of aromatic nitrogens is 2. The number of hydrogen-bond acceptors (Lipinski definition) is 4. The molecule has 0 spiro atoms. The molecule has 0 aliphatic carbocycles. The van der Waals surface area contributed by atoms with Crippen molar-refractivity contribution in [3.05, 3.63) is 18.2 Å². The first-order chi connectivity index (χ1) is 8.22. The number of rotatable bonds is 5. The number of amides is 2. The van der Waals surface area contributed by atoms with Crippen molar-refractivity contribution in [2.45, 2.75) is 25.8 Å². The van der Waals surface area contributed by atoms with Crippen LogP contribution in [0.2, 0.25) is 0 Å². The van der Waals surface area contributed by atoms with Crippen LogP contribution in [-0.2, 0) is 16.0 Å². The fourth-order valence-electron chi connectivity index (χ4n) is 1.98. The molecule has 6 heteroatoms. The first-order valence-electron chi connectivity index (χ1n) is 5.77. The minimum absolute atomic E-state index is 0.0865. The van der Waals surface area contributed by atoms with E-state index in [4.69, 9.17) is 0 Å². The molecule has 2 N–H and O–H groups in total. The van der Waals surface area contributed by atoms with Crippen molar-refractivity contribution in [2.24, 2.45) is 0 Å². The second kappa shape index (κ2) is 5.09. The van der Waals surface area contributed by atoms with Crippen LogP contribution in [0.25, 0.3) is 0 Å². The Balaban J connectivity index is 1.80. The Morgan fingerprint density at radius 2 is 2.41 bits per heavy atom. The third-order valence-electron chi connectivity index (χ3n) is 2.90. The van der Waals surface area contributed by atoms with Crippen LogP contribution >= 0.6 is 0 Å². The number of likely N-dealkylation sites (N-methyl/N-ethyl adjacent to an activating group) is 1. The van der Waals surface area contributed by atoms with Crippen LogP contribution < -0.4 is 5.32 Å². The number of carbonyl (C=O) groups excluding carboxylic acids is 2. The van der Waals surface area contributed by atoms with E-state index in [1.165, 1.54) is 4.90 Å². The van der Waals surface area contributed by atoms with Gasteiger partial charge in [-0.3, -0.25) is 14.5 Å². The van der Waals surface area contributed by atoms with Crippen molar-refractivity contribution in [3.8, 4) is 0 Å². The van der Waals surface area contributed by atoms with Gasteiger partial charge in [0.05, 0.1) is 18.8 Å². The summed E-state index contributed by atoms with van der Waals surface area (Å²) in [7, 11) is 0. The lowest BCUT2D eigenvalue weighted by Gasteiger charge is -2.12. The van der Waals surface area contributed by atoms with Crippen LogP contribution in [0.4, 0.5) is 0 Å². The average molecular weight is 236 g/mol. The first kappa shape index (κ1) is 11.8. The van der Waals surface area contributed by atoms with Gasteiger partial charge in [-0.15, -0.1) is 0 Å². The lowest BCUT2D eigenvalue weighted by atomic mass is 10.2. The van der Waals surface area contributed by atoms with Gasteiger partial charge in [0.15, 0.2) is 0 Å². The number of H-pyrrole nitrogens is 1. The van der Waals surface area contributed by atoms with Crippen LogP contribution in [0.3, 0.4) is 0 Å². The Morgan fingerprint density at radius 1 is 1.59 bits per heavy atom. The van der Waals surface area contributed by atoms with Gasteiger partial charge in [0.2, 0.25) is 11.8 Å². The lowest BCUT2D eigenvalue weighted by molar-refractivity contribution is -0.138. The molecule has 1 aromatic heterocycles. The summed E-state index contributed by atoms with van der Waals surface area (Å²) in [5.74, 6) is -0.196. The number of nitrogens with one attached hydrogen (secondary N) is 2. The molecule has 92 valence electrons. The Morgan fingerprint density at radius 3 is 3.00 bits per heavy atom. The van der Waals surface area contributed by atoms with E-state index in [1.54, 1.807) is 12.5 Å². The summed E-state index contributed by atoms with van der Waals surface area (Å²) in [6.07, 6.45) is 4.42. The van der Waals surface area contributed by atoms with Crippen molar-refractivity contribution >= 4 is 11.8 Å². The van der Waals surface area contributed by atoms with Crippen LogP contribution in [0, 0.1) is 0 Å². The standard InChI is InChI=1S/C11H16N4O2/c1-2-15-10(16)5-9(11(15)17)13-4-3-8-6-12-7-14-8/h6-7,9,13H,2-5H2,1H3,(H,12,14). The maximum atomic E-state index is 11.8. The van der Waals surface area contributed by atoms with E-state index in [2.05, 4.69) is 15.3 Å². The highest BCUT2D eigenvalue weighted by Crippen LogP contribution is 2.12. The van der Waals surface area contributed by atoms with Gasteiger partial charge in [-0.25, -0.2) is 4.98 Å². The average Bonchev–Trinajstić information content (AvgIpc) is 2.89. The highest BCUT2D eigenvalue weighted by atomic mass is 16.2. The fourth-order valence-corrected chi connectivity index (χ4v) is 1.98. The molecule has 0 bridgehead atoms. The summed E-state index contributed by atoms with van der Waals surface area (Å²) in [5.41, 5.74) is 1.02. The second-order valence-corrected chi connectivity index (χ2v) is 4.01. The summed E-state index contributed by atoms with van der Waals surface area (Å²) >= 11 is 0. The maximum Gasteiger partial charge on any atom is 0.246 e. The normalized spacial score (nSPS) is 20.3. The molecule has 0 radical (unpaired) electrons. The van der Waals surface area contributed by atoms with Crippen molar-refractivity contribution in [1.29, 1.82) is 0 Å². The van der Waals surface area contributed by atoms with Gasteiger partial charge in [-0.05, 0) is 6.92 Å². The Bertz CT molecular complexity index is 402. The van der Waals surface area contributed by atoms with Gasteiger partial charge >= 0.3 is 0 Å². The summed E-state index contributed by atoms with van der Waals surface area (Å²) in [5, 5.41) is 3.10. The van der Waals surface area contributed by atoms with Crippen molar-refractivity contribution in [3.63, 3.8) is 0 Å². The molecule has 1 aliphatic rings. The molecule has 1 saturated heterocycles. The molecule has 2 amide bonds. The molecule has 1 aliphatic heterocycles. The van der Waals surface area contributed by atoms with E-state index in [-0.39, 0.29) is 24.3 Å². The number of aromatic amines is 1. The predicted octanol–water partition coefficient (Wildman–Crippen LogP) is -0.311. The zero-order valence-corrected chi connectivity index (χ0v) is 9.77. The van der Waals surface area contributed by atoms with Gasteiger partial charge in [-0.2, -0.15) is 0 Å². The van der Waals surface area contributed by atoms with E-state index in [0.717, 1.165) is 12.1 Å². The quantitative estimate of drug-likeness (QED) is 0.687. The molecule has 1 atom stereocenters. The SMILES string of the molecule is CCN1C(=O)CC(NCCc2cnc[nH]2)C1=O. The zero-order valence-electron chi connectivity index (χ0n) is 9.77. The number of imidazole rings is 1.